The van der Waals surface area contributed by atoms with Crippen molar-refractivity contribution in [2.24, 2.45) is 0 Å². The lowest BCUT2D eigenvalue weighted by Gasteiger charge is -2.28. The molecule has 1 atom stereocenters. The van der Waals surface area contributed by atoms with Crippen LogP contribution in [-0.2, 0) is 16.0 Å². The van der Waals surface area contributed by atoms with Gasteiger partial charge in [-0.3, -0.25) is 14.5 Å². The average molecular weight is 387 g/mol. The number of fused-ring (bicyclic) bond motifs is 2. The molecule has 29 heavy (non-hydrogen) atoms. The Labute approximate surface area is 170 Å². The molecule has 4 rings (SSSR count). The van der Waals surface area contributed by atoms with Crippen LogP contribution in [-0.4, -0.2) is 42.9 Å². The van der Waals surface area contributed by atoms with Crippen molar-refractivity contribution in [2.45, 2.75) is 19.4 Å². The summed E-state index contributed by atoms with van der Waals surface area (Å²) < 4.78 is 0. The van der Waals surface area contributed by atoms with E-state index in [-0.39, 0.29) is 24.4 Å². The lowest BCUT2D eigenvalue weighted by atomic mass is 10.1. The summed E-state index contributed by atoms with van der Waals surface area (Å²) in [4.78, 5) is 29.3. The molecule has 0 radical (unpaired) electrons. The molecular formula is C24H25N3O2. The minimum absolute atomic E-state index is 0.0235. The Bertz CT molecular complexity index is 1060. The highest BCUT2D eigenvalue weighted by atomic mass is 16.2. The molecule has 0 aliphatic carbocycles. The molecule has 5 nitrogen and oxygen atoms in total. The molecule has 148 valence electrons. The van der Waals surface area contributed by atoms with E-state index in [0.29, 0.717) is 6.54 Å². The van der Waals surface area contributed by atoms with Crippen molar-refractivity contribution in [3.63, 3.8) is 0 Å². The fraction of sp³-hybridized carbons (Fsp3) is 0.250. The minimum Gasteiger partial charge on any atom is -0.324 e. The molecule has 1 N–H and O–H groups in total. The van der Waals surface area contributed by atoms with Crippen molar-refractivity contribution < 1.29 is 9.59 Å². The summed E-state index contributed by atoms with van der Waals surface area (Å²) in [5.74, 6) is -0.110. The summed E-state index contributed by atoms with van der Waals surface area (Å²) in [7, 11) is 1.81. The fourth-order valence-electron chi connectivity index (χ4n) is 3.87. The number of carbonyl (C=O) groups is 2. The quantitative estimate of drug-likeness (QED) is 0.726. The number of amides is 2. The Hall–Kier alpha value is -3.18. The van der Waals surface area contributed by atoms with Gasteiger partial charge in [0.05, 0.1) is 12.6 Å². The van der Waals surface area contributed by atoms with E-state index in [4.69, 9.17) is 0 Å². The predicted molar refractivity (Wildman–Crippen MR) is 117 cm³/mol. The topological polar surface area (TPSA) is 52.7 Å². The molecule has 0 unspecified atom stereocenters. The summed E-state index contributed by atoms with van der Waals surface area (Å²) >= 11 is 0. The second kappa shape index (κ2) is 8.05. The molecule has 3 aromatic rings. The standard InChI is InChI=1S/C24H25N3O2/c1-17(24(29)27-15-14-19-9-4-6-13-22(19)27)26(2)16-23(28)25-21-12-7-10-18-8-3-5-11-20(18)21/h3-13,17H,14-16H2,1-2H3,(H,25,28)/t17-/m1/s1. The second-order valence-corrected chi connectivity index (χ2v) is 7.53. The molecular weight excluding hydrogens is 362 g/mol. The SMILES string of the molecule is C[C@H](C(=O)N1CCc2ccccc21)N(C)CC(=O)Nc1cccc2ccccc12. The molecule has 0 aromatic heterocycles. The van der Waals surface area contributed by atoms with Crippen molar-refractivity contribution in [1.29, 1.82) is 0 Å². The number of hydrogen-bond acceptors (Lipinski definition) is 3. The first kappa shape index (κ1) is 19.2. The summed E-state index contributed by atoms with van der Waals surface area (Å²) in [5.41, 5.74) is 2.97. The van der Waals surface area contributed by atoms with Gasteiger partial charge in [-0.25, -0.2) is 0 Å². The van der Waals surface area contributed by atoms with Crippen molar-refractivity contribution in [2.75, 3.05) is 30.4 Å². The van der Waals surface area contributed by atoms with Gasteiger partial charge >= 0.3 is 0 Å². The number of nitrogens with one attached hydrogen (secondary N) is 1. The smallest absolute Gasteiger partial charge is 0.244 e. The number of hydrogen-bond donors (Lipinski definition) is 1. The van der Waals surface area contributed by atoms with E-state index < -0.39 is 0 Å². The highest BCUT2D eigenvalue weighted by Crippen LogP contribution is 2.28. The van der Waals surface area contributed by atoms with E-state index in [1.807, 2.05) is 79.5 Å². The Morgan fingerprint density at radius 3 is 2.62 bits per heavy atom. The number of rotatable bonds is 5. The summed E-state index contributed by atoms with van der Waals surface area (Å²) in [6.45, 7) is 2.69. The first-order chi connectivity index (χ1) is 14.0. The van der Waals surface area contributed by atoms with Crippen LogP contribution in [0.25, 0.3) is 10.8 Å². The zero-order chi connectivity index (χ0) is 20.4. The van der Waals surface area contributed by atoms with Crippen LogP contribution in [0.2, 0.25) is 0 Å². The van der Waals surface area contributed by atoms with Gasteiger partial charge in [0, 0.05) is 23.3 Å². The Kier molecular flexibility index (Phi) is 5.32. The number of para-hydroxylation sites is 1. The van der Waals surface area contributed by atoms with Crippen LogP contribution in [0.4, 0.5) is 11.4 Å². The Balaban J connectivity index is 1.41. The lowest BCUT2D eigenvalue weighted by molar-refractivity contribution is -0.124. The zero-order valence-electron chi connectivity index (χ0n) is 16.8. The van der Waals surface area contributed by atoms with Crippen molar-refractivity contribution in [3.8, 4) is 0 Å². The number of nitrogens with zero attached hydrogens (tertiary/aromatic N) is 2. The number of benzene rings is 3. The van der Waals surface area contributed by atoms with Gasteiger partial charge in [-0.15, -0.1) is 0 Å². The average Bonchev–Trinajstić information content (AvgIpc) is 3.17. The predicted octanol–water partition coefficient (Wildman–Crippen LogP) is 3.69. The van der Waals surface area contributed by atoms with E-state index in [1.165, 1.54) is 5.56 Å². The maximum atomic E-state index is 13.0. The van der Waals surface area contributed by atoms with Crippen LogP contribution in [0.3, 0.4) is 0 Å². The molecule has 0 saturated heterocycles. The Morgan fingerprint density at radius 2 is 1.76 bits per heavy atom. The van der Waals surface area contributed by atoms with Crippen molar-refractivity contribution in [3.05, 3.63) is 72.3 Å². The largest absolute Gasteiger partial charge is 0.324 e. The van der Waals surface area contributed by atoms with E-state index >= 15 is 0 Å². The molecule has 2 amide bonds. The van der Waals surface area contributed by atoms with Gasteiger partial charge in [0.15, 0.2) is 0 Å². The van der Waals surface area contributed by atoms with Crippen LogP contribution in [0.15, 0.2) is 66.7 Å². The number of likely N-dealkylation sites (N-methyl/N-ethyl adjacent to an activating group) is 1. The molecule has 1 heterocycles. The Morgan fingerprint density at radius 1 is 1.03 bits per heavy atom. The molecule has 5 heteroatoms. The molecule has 3 aromatic carbocycles. The first-order valence-corrected chi connectivity index (χ1v) is 9.92. The van der Waals surface area contributed by atoms with E-state index in [0.717, 1.165) is 28.6 Å². The van der Waals surface area contributed by atoms with Crippen LogP contribution in [0.1, 0.15) is 12.5 Å². The van der Waals surface area contributed by atoms with Gasteiger partial charge in [0.1, 0.15) is 0 Å². The minimum atomic E-state index is -0.389. The summed E-state index contributed by atoms with van der Waals surface area (Å²) in [5, 5.41) is 5.07. The number of anilines is 2. The third-order valence-corrected chi connectivity index (χ3v) is 5.63. The first-order valence-electron chi connectivity index (χ1n) is 9.92. The van der Waals surface area contributed by atoms with Gasteiger partial charge < -0.3 is 10.2 Å². The lowest BCUT2D eigenvalue weighted by Crippen LogP contribution is -2.47. The van der Waals surface area contributed by atoms with Crippen LogP contribution < -0.4 is 10.2 Å². The van der Waals surface area contributed by atoms with Crippen molar-refractivity contribution >= 4 is 34.0 Å². The molecule has 0 fully saturated rings. The van der Waals surface area contributed by atoms with Gasteiger partial charge in [-0.2, -0.15) is 0 Å². The normalized spacial score (nSPS) is 14.1. The maximum absolute atomic E-state index is 13.0. The van der Waals surface area contributed by atoms with Crippen LogP contribution >= 0.6 is 0 Å². The van der Waals surface area contributed by atoms with Crippen molar-refractivity contribution in [1.82, 2.24) is 4.90 Å². The van der Waals surface area contributed by atoms with Gasteiger partial charge in [0.2, 0.25) is 11.8 Å². The van der Waals surface area contributed by atoms with E-state index in [2.05, 4.69) is 11.4 Å². The summed E-state index contributed by atoms with van der Waals surface area (Å²) in [6, 6.07) is 21.4. The highest BCUT2D eigenvalue weighted by Gasteiger charge is 2.30. The molecule has 1 aliphatic rings. The molecule has 1 aliphatic heterocycles. The van der Waals surface area contributed by atoms with Gasteiger partial charge in [-0.05, 0) is 43.5 Å². The fourth-order valence-corrected chi connectivity index (χ4v) is 3.87. The van der Waals surface area contributed by atoms with E-state index in [1.54, 1.807) is 4.90 Å². The third kappa shape index (κ3) is 3.87. The molecule has 0 bridgehead atoms. The number of carbonyl (C=O) groups excluding carboxylic acids is 2. The van der Waals surface area contributed by atoms with Gasteiger partial charge in [-0.1, -0.05) is 54.6 Å². The third-order valence-electron chi connectivity index (χ3n) is 5.63. The highest BCUT2D eigenvalue weighted by molar-refractivity contribution is 6.03. The van der Waals surface area contributed by atoms with Crippen LogP contribution in [0, 0.1) is 0 Å². The maximum Gasteiger partial charge on any atom is 0.244 e. The molecule has 0 spiro atoms. The molecule has 0 saturated carbocycles. The zero-order valence-corrected chi connectivity index (χ0v) is 16.8. The van der Waals surface area contributed by atoms with Crippen LogP contribution in [0.5, 0.6) is 0 Å². The van der Waals surface area contributed by atoms with Gasteiger partial charge in [0.25, 0.3) is 0 Å². The second-order valence-electron chi connectivity index (χ2n) is 7.53. The summed E-state index contributed by atoms with van der Waals surface area (Å²) in [6.07, 6.45) is 0.875. The van der Waals surface area contributed by atoms with E-state index in [9.17, 15) is 9.59 Å². The monoisotopic (exact) mass is 387 g/mol.